The fraction of sp³-hybridized carbons (Fsp3) is 0.333. The van der Waals surface area contributed by atoms with Gasteiger partial charge in [-0.3, -0.25) is 0 Å². The van der Waals surface area contributed by atoms with E-state index in [0.717, 1.165) is 0 Å². The Hall–Kier alpha value is -0.110. The van der Waals surface area contributed by atoms with Gasteiger partial charge in [0.05, 0.1) is 6.26 Å². The van der Waals surface area contributed by atoms with Gasteiger partial charge in [-0.15, -0.1) is 0 Å². The van der Waals surface area contributed by atoms with Gasteiger partial charge in [-0.1, -0.05) is 6.08 Å². The van der Waals surface area contributed by atoms with Crippen molar-refractivity contribution in [1.82, 2.24) is 0 Å². The second-order valence-electron chi connectivity index (χ2n) is 0.575. The molecule has 0 aliphatic rings. The van der Waals surface area contributed by atoms with Crippen LogP contribution in [0.15, 0.2) is 12.3 Å². The summed E-state index contributed by atoms with van der Waals surface area (Å²) in [6, 6.07) is 0. The van der Waals surface area contributed by atoms with Crippen LogP contribution < -0.4 is 0 Å². The average molecular weight is 90.1 g/mol. The fourth-order valence-corrected chi connectivity index (χ4v) is 0.183. The maximum absolute atomic E-state index is 4.20. The quantitative estimate of drug-likeness (QED) is 0.291. The molecule has 0 saturated heterocycles. The monoisotopic (exact) mass is 90.0 g/mol. The summed E-state index contributed by atoms with van der Waals surface area (Å²) in [4.78, 5) is 0. The van der Waals surface area contributed by atoms with E-state index in [1.165, 1.54) is 6.26 Å². The lowest BCUT2D eigenvalue weighted by molar-refractivity contribution is 0.576. The van der Waals surface area contributed by atoms with Gasteiger partial charge in [0.1, 0.15) is 0 Å². The van der Waals surface area contributed by atoms with E-state index < -0.39 is 0 Å². The molecule has 0 aromatic carbocycles. The van der Waals surface area contributed by atoms with Crippen molar-refractivity contribution in [3.8, 4) is 0 Å². The molecule has 1 nitrogen and oxygen atoms in total. The van der Waals surface area contributed by atoms with E-state index in [9.17, 15) is 0 Å². The number of hydrogen-bond acceptors (Lipinski definition) is 2. The van der Waals surface area contributed by atoms with Crippen LogP contribution in [-0.2, 0) is 4.18 Å². The van der Waals surface area contributed by atoms with Gasteiger partial charge in [0.2, 0.25) is 0 Å². The first kappa shape index (κ1) is 4.89. The first-order valence-corrected chi connectivity index (χ1v) is 1.69. The third kappa shape index (κ3) is 3.89. The zero-order valence-electron chi connectivity index (χ0n) is 3.01. The van der Waals surface area contributed by atoms with E-state index in [1.807, 2.05) is 6.92 Å². The Morgan fingerprint density at radius 2 is 2.40 bits per heavy atom. The van der Waals surface area contributed by atoms with Crippen LogP contribution >= 0.6 is 12.9 Å². The van der Waals surface area contributed by atoms with E-state index in [2.05, 4.69) is 17.1 Å². The molecule has 0 saturated carbocycles. The van der Waals surface area contributed by atoms with E-state index >= 15 is 0 Å². The normalized spacial score (nSPS) is 9.20. The predicted molar refractivity (Wildman–Crippen MR) is 24.9 cm³/mol. The zero-order valence-corrected chi connectivity index (χ0v) is 3.90. The van der Waals surface area contributed by atoms with Gasteiger partial charge in [-0.25, -0.2) is 0 Å². The van der Waals surface area contributed by atoms with Gasteiger partial charge in [0.25, 0.3) is 0 Å². The van der Waals surface area contributed by atoms with E-state index in [-0.39, 0.29) is 0 Å². The molecule has 0 amide bonds. The van der Waals surface area contributed by atoms with Crippen molar-refractivity contribution >= 4 is 12.9 Å². The van der Waals surface area contributed by atoms with E-state index in [0.29, 0.717) is 0 Å². The van der Waals surface area contributed by atoms with Gasteiger partial charge in [0, 0.05) is 12.9 Å². The number of hydrogen-bond donors (Lipinski definition) is 1. The summed E-state index contributed by atoms with van der Waals surface area (Å²) in [7, 11) is 0. The summed E-state index contributed by atoms with van der Waals surface area (Å²) in [6.07, 6.45) is 3.25. The van der Waals surface area contributed by atoms with Crippen LogP contribution in [0.1, 0.15) is 6.92 Å². The number of rotatable bonds is 1. The molecule has 0 atom stereocenters. The van der Waals surface area contributed by atoms with Crippen molar-refractivity contribution in [3.63, 3.8) is 0 Å². The Labute approximate surface area is 37.3 Å². The molecule has 0 heterocycles. The highest BCUT2D eigenvalue weighted by Gasteiger charge is 1.48. The SMILES string of the molecule is CC=COS. The lowest BCUT2D eigenvalue weighted by atomic mass is 10.8. The summed E-state index contributed by atoms with van der Waals surface area (Å²) in [6.45, 7) is 1.86. The van der Waals surface area contributed by atoms with Crippen LogP contribution in [0.4, 0.5) is 0 Å². The highest BCUT2D eigenvalue weighted by molar-refractivity contribution is 7.75. The third-order valence-electron chi connectivity index (χ3n) is 0.197. The van der Waals surface area contributed by atoms with E-state index in [4.69, 9.17) is 0 Å². The first-order chi connectivity index (χ1) is 2.41. The number of allylic oxidation sites excluding steroid dienone is 1. The molecule has 0 spiro atoms. The van der Waals surface area contributed by atoms with Gasteiger partial charge in [0.15, 0.2) is 0 Å². The largest absolute Gasteiger partial charge is 0.437 e. The van der Waals surface area contributed by atoms with Crippen LogP contribution in [0.3, 0.4) is 0 Å². The molecule has 0 aliphatic carbocycles. The average Bonchev–Trinajstić information content (AvgIpc) is 1.41. The fourth-order valence-electron chi connectivity index (χ4n) is 0.0609. The Balaban J connectivity index is 2.62. The van der Waals surface area contributed by atoms with Crippen LogP contribution in [-0.4, -0.2) is 0 Å². The topological polar surface area (TPSA) is 9.23 Å². The third-order valence-corrected chi connectivity index (χ3v) is 0.319. The van der Waals surface area contributed by atoms with Crippen molar-refractivity contribution in [3.05, 3.63) is 12.3 Å². The van der Waals surface area contributed by atoms with Gasteiger partial charge >= 0.3 is 0 Å². The minimum absolute atomic E-state index is 1.49. The smallest absolute Gasteiger partial charge is 0.0963 e. The molecule has 0 radical (unpaired) electrons. The van der Waals surface area contributed by atoms with Crippen molar-refractivity contribution in [2.75, 3.05) is 0 Å². The zero-order chi connectivity index (χ0) is 4.12. The summed E-state index contributed by atoms with van der Waals surface area (Å²) < 4.78 is 4.20. The number of thiol groups is 1. The van der Waals surface area contributed by atoms with Crippen LogP contribution in [0.2, 0.25) is 0 Å². The highest BCUT2D eigenvalue weighted by atomic mass is 32.1. The molecular formula is C3H6OS. The molecule has 0 N–H and O–H groups in total. The molecule has 30 valence electrons. The molecule has 0 unspecified atom stereocenters. The molecule has 0 aliphatic heterocycles. The highest BCUT2D eigenvalue weighted by Crippen LogP contribution is 1.76. The second-order valence-corrected chi connectivity index (χ2v) is 0.786. The Morgan fingerprint density at radius 3 is 2.40 bits per heavy atom. The Morgan fingerprint density at radius 1 is 1.80 bits per heavy atom. The Bertz CT molecular complexity index is 33.9. The van der Waals surface area contributed by atoms with Crippen molar-refractivity contribution in [1.29, 1.82) is 0 Å². The first-order valence-electron chi connectivity index (χ1n) is 1.33. The van der Waals surface area contributed by atoms with Gasteiger partial charge in [-0.2, -0.15) is 0 Å². The maximum Gasteiger partial charge on any atom is 0.0963 e. The summed E-state index contributed by atoms with van der Waals surface area (Å²) in [5.41, 5.74) is 0. The molecule has 0 aromatic rings. The van der Waals surface area contributed by atoms with E-state index in [1.54, 1.807) is 6.08 Å². The van der Waals surface area contributed by atoms with Gasteiger partial charge < -0.3 is 4.18 Å². The molecule has 0 fully saturated rings. The molecule has 0 aromatic heterocycles. The molecule has 0 rings (SSSR count). The molecular weight excluding hydrogens is 84.1 g/mol. The van der Waals surface area contributed by atoms with Crippen molar-refractivity contribution in [2.45, 2.75) is 6.92 Å². The summed E-state index contributed by atoms with van der Waals surface area (Å²) in [5, 5.41) is 0. The van der Waals surface area contributed by atoms with Gasteiger partial charge in [-0.05, 0) is 6.92 Å². The second kappa shape index (κ2) is 3.89. The van der Waals surface area contributed by atoms with Crippen LogP contribution in [0.25, 0.3) is 0 Å². The summed E-state index contributed by atoms with van der Waals surface area (Å²) >= 11 is 3.41. The maximum atomic E-state index is 4.20. The van der Waals surface area contributed by atoms with Crippen LogP contribution in [0.5, 0.6) is 0 Å². The minimum atomic E-state index is 1.49. The van der Waals surface area contributed by atoms with Crippen LogP contribution in [0, 0.1) is 0 Å². The lowest BCUT2D eigenvalue weighted by Gasteiger charge is -1.73. The standard InChI is InChI=1S/C3H6OS/c1-2-3-4-5/h2-3,5H,1H3. The predicted octanol–water partition coefficient (Wildman–Crippen LogP) is 1.38. The lowest BCUT2D eigenvalue weighted by Crippen LogP contribution is -1.45. The van der Waals surface area contributed by atoms with Crippen molar-refractivity contribution < 1.29 is 4.18 Å². The molecule has 5 heavy (non-hydrogen) atoms. The molecule has 2 heteroatoms. The van der Waals surface area contributed by atoms with Crippen molar-refractivity contribution in [2.24, 2.45) is 0 Å². The summed E-state index contributed by atoms with van der Waals surface area (Å²) in [5.74, 6) is 0. The Kier molecular flexibility index (Phi) is 3.80. The minimum Gasteiger partial charge on any atom is -0.437 e. The molecule has 0 bridgehead atoms.